The lowest BCUT2D eigenvalue weighted by Gasteiger charge is -2.01. The first-order valence-electron chi connectivity index (χ1n) is 3.17. The van der Waals surface area contributed by atoms with Gasteiger partial charge in [0.2, 0.25) is 5.02 Å². The van der Waals surface area contributed by atoms with Gasteiger partial charge in [-0.2, -0.15) is 0 Å². The largest absolute Gasteiger partial charge is 0.349 e. The topological polar surface area (TPSA) is 9.23 Å². The third kappa shape index (κ3) is 8.54. The molecule has 0 heterocycles. The van der Waals surface area contributed by atoms with Gasteiger partial charge in [0, 0.05) is 6.61 Å². The molecule has 0 spiro atoms. The number of rotatable bonds is 5. The lowest BCUT2D eigenvalue weighted by molar-refractivity contribution is 0.150. The highest BCUT2D eigenvalue weighted by atomic mass is 35.5. The van der Waals surface area contributed by atoms with Gasteiger partial charge in [-0.25, -0.2) is 0 Å². The lowest BCUT2D eigenvalue weighted by Crippen LogP contribution is -1.97. The van der Waals surface area contributed by atoms with Crippen molar-refractivity contribution in [2.75, 3.05) is 6.61 Å². The van der Waals surface area contributed by atoms with Gasteiger partial charge in [-0.1, -0.05) is 43.0 Å². The van der Waals surface area contributed by atoms with E-state index < -0.39 is 5.02 Å². The van der Waals surface area contributed by atoms with Gasteiger partial charge in [0.25, 0.3) is 0 Å². The van der Waals surface area contributed by atoms with Gasteiger partial charge in [0.15, 0.2) is 0 Å². The SMILES string of the molecule is CCCCCOC(Cl)Cl. The molecule has 0 saturated heterocycles. The van der Waals surface area contributed by atoms with Crippen LogP contribution in [0.3, 0.4) is 0 Å². The van der Waals surface area contributed by atoms with Crippen molar-refractivity contribution in [2.24, 2.45) is 0 Å². The molecule has 56 valence electrons. The zero-order chi connectivity index (χ0) is 7.11. The Bertz CT molecular complexity index is 57.0. The maximum atomic E-state index is 5.30. The predicted molar refractivity (Wildman–Crippen MR) is 41.0 cm³/mol. The van der Waals surface area contributed by atoms with E-state index in [1.807, 2.05) is 0 Å². The smallest absolute Gasteiger partial charge is 0.206 e. The van der Waals surface area contributed by atoms with Gasteiger partial charge in [-0.3, -0.25) is 0 Å². The molecule has 0 rings (SSSR count). The summed E-state index contributed by atoms with van der Waals surface area (Å²) in [6.07, 6.45) is 3.42. The lowest BCUT2D eigenvalue weighted by atomic mass is 10.3. The van der Waals surface area contributed by atoms with Gasteiger partial charge in [0.1, 0.15) is 0 Å². The summed E-state index contributed by atoms with van der Waals surface area (Å²) < 4.78 is 4.87. The second kappa shape index (κ2) is 6.66. The van der Waals surface area contributed by atoms with Crippen LogP contribution in [0.4, 0.5) is 0 Å². The first-order chi connectivity index (χ1) is 4.27. The summed E-state index contributed by atoms with van der Waals surface area (Å²) in [6.45, 7) is 2.81. The minimum Gasteiger partial charge on any atom is -0.349 e. The third-order valence-electron chi connectivity index (χ3n) is 0.992. The highest BCUT2D eigenvalue weighted by Crippen LogP contribution is 2.04. The van der Waals surface area contributed by atoms with E-state index in [1.165, 1.54) is 12.8 Å². The van der Waals surface area contributed by atoms with E-state index in [9.17, 15) is 0 Å². The Morgan fingerprint density at radius 3 is 2.44 bits per heavy atom. The van der Waals surface area contributed by atoms with E-state index in [2.05, 4.69) is 6.92 Å². The van der Waals surface area contributed by atoms with Crippen LogP contribution < -0.4 is 0 Å². The maximum Gasteiger partial charge on any atom is 0.206 e. The summed E-state index contributed by atoms with van der Waals surface area (Å²) in [7, 11) is 0. The molecule has 0 unspecified atom stereocenters. The fourth-order valence-electron chi connectivity index (χ4n) is 0.524. The predicted octanol–water partition coefficient (Wildman–Crippen LogP) is 2.95. The number of hydrogen-bond acceptors (Lipinski definition) is 1. The Morgan fingerprint density at radius 1 is 1.33 bits per heavy atom. The molecule has 0 aromatic carbocycles. The van der Waals surface area contributed by atoms with Crippen LogP contribution in [0.5, 0.6) is 0 Å². The highest BCUT2D eigenvalue weighted by Gasteiger charge is 1.94. The van der Waals surface area contributed by atoms with Crippen LogP contribution in [0.25, 0.3) is 0 Å². The summed E-state index contributed by atoms with van der Waals surface area (Å²) in [6, 6.07) is 0. The fourth-order valence-corrected chi connectivity index (χ4v) is 0.703. The molecule has 0 N–H and O–H groups in total. The quantitative estimate of drug-likeness (QED) is 0.456. The van der Waals surface area contributed by atoms with Gasteiger partial charge < -0.3 is 4.74 Å². The second-order valence-electron chi connectivity index (χ2n) is 1.84. The monoisotopic (exact) mass is 170 g/mol. The molecule has 0 aliphatic rings. The molecule has 0 amide bonds. The van der Waals surface area contributed by atoms with Gasteiger partial charge in [-0.15, -0.1) is 0 Å². The molecular weight excluding hydrogens is 159 g/mol. The van der Waals surface area contributed by atoms with Gasteiger partial charge >= 0.3 is 0 Å². The van der Waals surface area contributed by atoms with Gasteiger partial charge in [0.05, 0.1) is 0 Å². The van der Waals surface area contributed by atoms with Gasteiger partial charge in [-0.05, 0) is 6.42 Å². The van der Waals surface area contributed by atoms with Crippen molar-refractivity contribution in [3.8, 4) is 0 Å². The number of alkyl halides is 2. The van der Waals surface area contributed by atoms with E-state index in [0.29, 0.717) is 6.61 Å². The molecule has 1 nitrogen and oxygen atoms in total. The molecule has 0 atom stereocenters. The molecule has 9 heavy (non-hydrogen) atoms. The summed E-state index contributed by atoms with van der Waals surface area (Å²) in [4.78, 5) is 0. The molecule has 0 aliphatic carbocycles. The molecule has 0 aromatic heterocycles. The van der Waals surface area contributed by atoms with E-state index in [4.69, 9.17) is 27.9 Å². The Balaban J connectivity index is 2.75. The standard InChI is InChI=1S/C6H12Cl2O/c1-2-3-4-5-9-6(7)8/h6H,2-5H2,1H3. The van der Waals surface area contributed by atoms with Crippen LogP contribution in [0.1, 0.15) is 26.2 Å². The molecule has 0 fully saturated rings. The summed E-state index contributed by atoms with van der Waals surface area (Å²) >= 11 is 10.6. The molecule has 0 aliphatic heterocycles. The van der Waals surface area contributed by atoms with Crippen molar-refractivity contribution < 1.29 is 4.74 Å². The number of hydrogen-bond donors (Lipinski definition) is 0. The number of unbranched alkanes of at least 4 members (excludes halogenated alkanes) is 2. The van der Waals surface area contributed by atoms with Crippen molar-refractivity contribution in [1.29, 1.82) is 0 Å². The second-order valence-corrected chi connectivity index (χ2v) is 2.85. The zero-order valence-corrected chi connectivity index (χ0v) is 7.08. The van der Waals surface area contributed by atoms with E-state index in [-0.39, 0.29) is 0 Å². The minimum absolute atomic E-state index is 0.651. The molecule has 0 bridgehead atoms. The van der Waals surface area contributed by atoms with Crippen LogP contribution in [-0.4, -0.2) is 11.6 Å². The van der Waals surface area contributed by atoms with E-state index in [0.717, 1.165) is 6.42 Å². The van der Waals surface area contributed by atoms with Crippen molar-refractivity contribution in [3.63, 3.8) is 0 Å². The summed E-state index contributed by atoms with van der Waals surface area (Å²) in [5.74, 6) is 0. The Labute approximate surface area is 66.3 Å². The molecular formula is C6H12Cl2O. The molecule has 0 saturated carbocycles. The minimum atomic E-state index is -0.651. The maximum absolute atomic E-state index is 5.30. The average molecular weight is 171 g/mol. The van der Waals surface area contributed by atoms with Crippen LogP contribution in [-0.2, 0) is 4.74 Å². The third-order valence-corrected chi connectivity index (χ3v) is 1.24. The Hall–Kier alpha value is 0.540. The normalized spacial score (nSPS) is 10.7. The number of halogens is 2. The van der Waals surface area contributed by atoms with Crippen molar-refractivity contribution in [3.05, 3.63) is 0 Å². The highest BCUT2D eigenvalue weighted by molar-refractivity contribution is 6.43. The summed E-state index contributed by atoms with van der Waals surface area (Å²) in [5, 5.41) is -0.651. The van der Waals surface area contributed by atoms with E-state index in [1.54, 1.807) is 0 Å². The fraction of sp³-hybridized carbons (Fsp3) is 1.00. The van der Waals surface area contributed by atoms with E-state index >= 15 is 0 Å². The molecule has 0 radical (unpaired) electrons. The molecule has 0 aromatic rings. The first-order valence-corrected chi connectivity index (χ1v) is 4.04. The average Bonchev–Trinajstić information content (AvgIpc) is 1.80. The first kappa shape index (κ1) is 9.54. The van der Waals surface area contributed by atoms with Crippen LogP contribution in [0, 0.1) is 0 Å². The molecule has 3 heteroatoms. The van der Waals surface area contributed by atoms with Crippen molar-refractivity contribution in [2.45, 2.75) is 31.2 Å². The van der Waals surface area contributed by atoms with Crippen LogP contribution in [0.2, 0.25) is 0 Å². The zero-order valence-electron chi connectivity index (χ0n) is 5.57. The van der Waals surface area contributed by atoms with Crippen LogP contribution in [0.15, 0.2) is 0 Å². The van der Waals surface area contributed by atoms with Crippen molar-refractivity contribution >= 4 is 23.2 Å². The number of ether oxygens (including phenoxy) is 1. The van der Waals surface area contributed by atoms with Crippen LogP contribution >= 0.6 is 23.2 Å². The summed E-state index contributed by atoms with van der Waals surface area (Å²) in [5.41, 5.74) is 0. The van der Waals surface area contributed by atoms with Crippen molar-refractivity contribution in [1.82, 2.24) is 0 Å². The Kier molecular flexibility index (Phi) is 7.06. The Morgan fingerprint density at radius 2 is 2.00 bits per heavy atom.